The molecule has 2 N–H and O–H groups in total. The summed E-state index contributed by atoms with van der Waals surface area (Å²) in [6.07, 6.45) is 5.61. The number of aliphatic hydroxyl groups is 1. The molecule has 1 atom stereocenters. The van der Waals surface area contributed by atoms with Crippen LogP contribution in [-0.2, 0) is 9.47 Å². The van der Waals surface area contributed by atoms with Gasteiger partial charge < -0.3 is 29.0 Å². The van der Waals surface area contributed by atoms with E-state index < -0.39 is 9.89 Å². The van der Waals surface area contributed by atoms with Crippen LogP contribution in [0.5, 0.6) is 11.5 Å². The Bertz CT molecular complexity index is 896. The minimum absolute atomic E-state index is 0.0167. The minimum Gasteiger partial charge on any atom is -0.493 e. The second-order valence-electron chi connectivity index (χ2n) is 8.47. The van der Waals surface area contributed by atoms with E-state index in [9.17, 15) is 14.7 Å². The number of benzene rings is 1. The number of halogens is 3. The zero-order valence-corrected chi connectivity index (χ0v) is 23.2. The number of rotatable bonds is 15. The summed E-state index contributed by atoms with van der Waals surface area (Å²) < 4.78 is 20.3. The third-order valence-corrected chi connectivity index (χ3v) is 5.99. The number of ether oxygens (including phenoxy) is 4. The van der Waals surface area contributed by atoms with Crippen molar-refractivity contribution < 1.29 is 33.6 Å². The van der Waals surface area contributed by atoms with Gasteiger partial charge in [0.2, 0.25) is 3.79 Å². The summed E-state index contributed by atoms with van der Waals surface area (Å²) in [6, 6.07) is 2.81. The van der Waals surface area contributed by atoms with Crippen molar-refractivity contribution in [2.45, 2.75) is 48.4 Å². The second kappa shape index (κ2) is 16.1. The first-order chi connectivity index (χ1) is 17.7. The normalized spacial score (nSPS) is 15.4. The van der Waals surface area contributed by atoms with E-state index in [-0.39, 0.29) is 43.0 Å². The molecule has 1 unspecified atom stereocenters. The maximum atomic E-state index is 13.4. The fourth-order valence-corrected chi connectivity index (χ4v) is 4.10. The number of hydrogen-bond acceptors (Lipinski definition) is 7. The van der Waals surface area contributed by atoms with Crippen LogP contribution in [0, 0.1) is 0 Å². The van der Waals surface area contributed by atoms with E-state index in [1.54, 1.807) is 11.0 Å². The molecular formula is C25H35Cl3N2O7. The highest BCUT2D eigenvalue weighted by molar-refractivity contribution is 6.67. The van der Waals surface area contributed by atoms with E-state index in [1.807, 2.05) is 0 Å². The van der Waals surface area contributed by atoms with Gasteiger partial charge in [0, 0.05) is 19.2 Å². The lowest BCUT2D eigenvalue weighted by Crippen LogP contribution is -2.38. The van der Waals surface area contributed by atoms with Crippen molar-refractivity contribution in [1.29, 1.82) is 0 Å². The molecule has 1 saturated heterocycles. The van der Waals surface area contributed by atoms with Gasteiger partial charge in [-0.2, -0.15) is 0 Å². The molecule has 1 heterocycles. The van der Waals surface area contributed by atoms with Crippen LogP contribution >= 0.6 is 34.8 Å². The van der Waals surface area contributed by atoms with E-state index in [0.29, 0.717) is 37.7 Å². The summed E-state index contributed by atoms with van der Waals surface area (Å²) in [5, 5.41) is 12.3. The number of nitrogens with one attached hydrogen (secondary N) is 1. The number of aliphatic hydroxyl groups excluding tert-OH is 1. The van der Waals surface area contributed by atoms with Gasteiger partial charge >= 0.3 is 6.09 Å². The van der Waals surface area contributed by atoms with E-state index >= 15 is 0 Å². The van der Waals surface area contributed by atoms with Crippen molar-refractivity contribution in [2.24, 2.45) is 0 Å². The lowest BCUT2D eigenvalue weighted by atomic mass is 10.1. The monoisotopic (exact) mass is 580 g/mol. The molecule has 2 amide bonds. The third-order valence-electron chi connectivity index (χ3n) is 5.66. The van der Waals surface area contributed by atoms with E-state index in [0.717, 1.165) is 32.1 Å². The van der Waals surface area contributed by atoms with Crippen molar-refractivity contribution in [1.82, 2.24) is 4.90 Å². The largest absolute Gasteiger partial charge is 0.493 e. The number of hydrogen-bond donors (Lipinski definition) is 2. The number of likely N-dealkylation sites (tertiary alicyclic amines) is 1. The Kier molecular flexibility index (Phi) is 13.7. The van der Waals surface area contributed by atoms with Crippen LogP contribution in [0.2, 0.25) is 0 Å². The quantitative estimate of drug-likeness (QED) is 0.163. The van der Waals surface area contributed by atoms with Gasteiger partial charge in [0.25, 0.3) is 5.91 Å². The second-order valence-corrected chi connectivity index (χ2v) is 11.0. The van der Waals surface area contributed by atoms with Crippen LogP contribution in [0.4, 0.5) is 10.5 Å². The summed E-state index contributed by atoms with van der Waals surface area (Å²) in [7, 11) is 1.48. The average molecular weight is 582 g/mol. The Labute approximate surface area is 232 Å². The molecule has 1 aliphatic rings. The third kappa shape index (κ3) is 10.8. The van der Waals surface area contributed by atoms with E-state index in [4.69, 9.17) is 53.8 Å². The molecule has 0 bridgehead atoms. The van der Waals surface area contributed by atoms with Gasteiger partial charge in [-0.15, -0.1) is 0 Å². The fraction of sp³-hybridized carbons (Fsp3) is 0.600. The maximum Gasteiger partial charge on any atom is 0.411 e. The van der Waals surface area contributed by atoms with Crippen LogP contribution in [0.1, 0.15) is 48.9 Å². The predicted molar refractivity (Wildman–Crippen MR) is 144 cm³/mol. The lowest BCUT2D eigenvalue weighted by Gasteiger charge is -2.25. The summed E-state index contributed by atoms with van der Waals surface area (Å²) in [5.74, 6) is 0.412. The van der Waals surface area contributed by atoms with Gasteiger partial charge in [-0.1, -0.05) is 53.9 Å². The molecule has 1 aliphatic heterocycles. The molecule has 0 radical (unpaired) electrons. The molecular weight excluding hydrogens is 547 g/mol. The topological polar surface area (TPSA) is 107 Å². The van der Waals surface area contributed by atoms with Crippen molar-refractivity contribution in [3.8, 4) is 11.5 Å². The van der Waals surface area contributed by atoms with Gasteiger partial charge in [0.15, 0.2) is 11.5 Å². The smallest absolute Gasteiger partial charge is 0.411 e. The number of alkyl halides is 3. The van der Waals surface area contributed by atoms with Crippen LogP contribution in [0.3, 0.4) is 0 Å². The standard InChI is InChI=1S/C25H35Cl3N2O7/c1-3-11-37-24(33)29-20-15-22(36-13-7-5-4-6-12-35-17-25(26,27)28)21(34-2)14-19(20)23(32)30-10-8-9-18(30)16-31/h3,14-15,18,31H,1,4-13,16-17H2,2H3,(H,29,33). The molecule has 0 spiro atoms. The van der Waals surface area contributed by atoms with Gasteiger partial charge in [0.1, 0.15) is 6.61 Å². The summed E-state index contributed by atoms with van der Waals surface area (Å²) in [6.45, 7) is 4.88. The van der Waals surface area contributed by atoms with Crippen LogP contribution in [-0.4, -0.2) is 78.5 Å². The SMILES string of the molecule is C=CCOC(=O)Nc1cc(OCCCCCCOCC(Cl)(Cl)Cl)c(OC)cc1C(=O)N1CCCC1CO. The molecule has 208 valence electrons. The van der Waals surface area contributed by atoms with E-state index in [2.05, 4.69) is 11.9 Å². The molecule has 1 aromatic rings. The lowest BCUT2D eigenvalue weighted by molar-refractivity contribution is 0.0678. The molecule has 12 heteroatoms. The highest BCUT2D eigenvalue weighted by atomic mass is 35.6. The highest BCUT2D eigenvalue weighted by Gasteiger charge is 2.31. The average Bonchev–Trinajstić information content (AvgIpc) is 3.34. The van der Waals surface area contributed by atoms with Gasteiger partial charge in [-0.3, -0.25) is 10.1 Å². The summed E-state index contributed by atoms with van der Waals surface area (Å²) in [5.41, 5.74) is 0.444. The highest BCUT2D eigenvalue weighted by Crippen LogP contribution is 2.35. The number of carbonyl (C=O) groups is 2. The minimum atomic E-state index is -1.40. The first-order valence-corrected chi connectivity index (χ1v) is 13.3. The first-order valence-electron chi connectivity index (χ1n) is 12.2. The Balaban J connectivity index is 2.04. The fourth-order valence-electron chi connectivity index (χ4n) is 3.87. The first kappa shape index (κ1) is 31.3. The number of anilines is 1. The predicted octanol–water partition coefficient (Wildman–Crippen LogP) is 5.35. The van der Waals surface area contributed by atoms with Crippen LogP contribution in [0.15, 0.2) is 24.8 Å². The number of carbonyl (C=O) groups excluding carboxylic acids is 2. The molecule has 9 nitrogen and oxygen atoms in total. The van der Waals surface area contributed by atoms with Gasteiger partial charge in [0.05, 0.1) is 44.2 Å². The Morgan fingerprint density at radius 3 is 2.57 bits per heavy atom. The molecule has 2 rings (SSSR count). The summed E-state index contributed by atoms with van der Waals surface area (Å²) >= 11 is 16.9. The molecule has 1 aromatic carbocycles. The van der Waals surface area contributed by atoms with Crippen LogP contribution in [0.25, 0.3) is 0 Å². The Morgan fingerprint density at radius 1 is 1.19 bits per heavy atom. The Hall–Kier alpha value is -1.91. The summed E-state index contributed by atoms with van der Waals surface area (Å²) in [4.78, 5) is 27.2. The number of unbranched alkanes of at least 4 members (excludes halogenated alkanes) is 3. The van der Waals surface area contributed by atoms with E-state index in [1.165, 1.54) is 19.3 Å². The maximum absolute atomic E-state index is 13.4. The van der Waals surface area contributed by atoms with Crippen molar-refractivity contribution in [2.75, 3.05) is 52.0 Å². The molecule has 0 aliphatic carbocycles. The van der Waals surface area contributed by atoms with Gasteiger partial charge in [-0.05, 0) is 38.2 Å². The zero-order valence-electron chi connectivity index (χ0n) is 21.0. The number of nitrogens with zero attached hydrogens (tertiary/aromatic N) is 1. The molecule has 1 fully saturated rings. The van der Waals surface area contributed by atoms with Crippen molar-refractivity contribution in [3.63, 3.8) is 0 Å². The van der Waals surface area contributed by atoms with Crippen LogP contribution < -0.4 is 14.8 Å². The zero-order chi connectivity index (χ0) is 27.3. The van der Waals surface area contributed by atoms with Crippen molar-refractivity contribution >= 4 is 52.5 Å². The number of methoxy groups -OCH3 is 1. The Morgan fingerprint density at radius 2 is 1.92 bits per heavy atom. The van der Waals surface area contributed by atoms with Crippen molar-refractivity contribution in [3.05, 3.63) is 30.4 Å². The molecule has 0 saturated carbocycles. The molecule has 0 aromatic heterocycles. The number of amides is 2. The molecule has 37 heavy (non-hydrogen) atoms. The van der Waals surface area contributed by atoms with Gasteiger partial charge in [-0.25, -0.2) is 4.79 Å².